The van der Waals surface area contributed by atoms with E-state index >= 15 is 0 Å². The Bertz CT molecular complexity index is 923. The van der Waals surface area contributed by atoms with Gasteiger partial charge in [-0.15, -0.1) is 0 Å². The van der Waals surface area contributed by atoms with Crippen LogP contribution in [0.1, 0.15) is 12.5 Å². The Morgan fingerprint density at radius 2 is 2.00 bits per heavy atom. The van der Waals surface area contributed by atoms with Gasteiger partial charge in [0.15, 0.2) is 11.2 Å². The molecule has 0 bridgehead atoms. The number of para-hydroxylation sites is 2. The van der Waals surface area contributed by atoms with E-state index in [1.54, 1.807) is 19.2 Å². The minimum Gasteiger partial charge on any atom is -0.476 e. The van der Waals surface area contributed by atoms with E-state index in [1.807, 2.05) is 42.3 Å². The number of pyridine rings is 1. The van der Waals surface area contributed by atoms with E-state index < -0.39 is 11.6 Å². The fraction of sp³-hybridized carbons (Fsp3) is 0.381. The summed E-state index contributed by atoms with van der Waals surface area (Å²) in [5.74, 6) is 0.0689. The highest BCUT2D eigenvalue weighted by Gasteiger charge is 2.34. The Kier molecular flexibility index (Phi) is 6.33. The Morgan fingerprint density at radius 1 is 1.21 bits per heavy atom. The molecule has 0 fully saturated rings. The summed E-state index contributed by atoms with van der Waals surface area (Å²) in [6.45, 7) is 2.69. The molecular formula is C21H25N3O5. The number of hydrogen-bond acceptors (Lipinski definition) is 8. The third kappa shape index (κ3) is 4.83. The molecule has 1 atom stereocenters. The molecule has 0 aliphatic carbocycles. The van der Waals surface area contributed by atoms with Crippen LogP contribution in [0.15, 0.2) is 47.0 Å². The molecule has 0 aliphatic heterocycles. The highest BCUT2D eigenvalue weighted by molar-refractivity contribution is 5.79. The summed E-state index contributed by atoms with van der Waals surface area (Å²) in [7, 11) is 4.71. The molecular weight excluding hydrogens is 374 g/mol. The van der Waals surface area contributed by atoms with Crippen molar-refractivity contribution >= 4 is 23.1 Å². The summed E-state index contributed by atoms with van der Waals surface area (Å²) in [4.78, 5) is 22.5. The third-order valence-corrected chi connectivity index (χ3v) is 4.69. The number of benzene rings is 1. The third-order valence-electron chi connectivity index (χ3n) is 4.69. The predicted octanol–water partition coefficient (Wildman–Crippen LogP) is 2.86. The molecule has 0 radical (unpaired) electrons. The number of fused-ring (bicyclic) bond motifs is 1. The van der Waals surface area contributed by atoms with Gasteiger partial charge in [-0.25, -0.2) is 9.78 Å². The van der Waals surface area contributed by atoms with Crippen LogP contribution in [0, 0.1) is 0 Å². The van der Waals surface area contributed by atoms with Crippen LogP contribution in [-0.2, 0) is 20.7 Å². The van der Waals surface area contributed by atoms with Crippen molar-refractivity contribution in [1.82, 2.24) is 9.97 Å². The summed E-state index contributed by atoms with van der Waals surface area (Å²) < 4.78 is 21.6. The molecule has 0 spiro atoms. The number of ether oxygens (including phenoxy) is 3. The first kappa shape index (κ1) is 20.6. The lowest BCUT2D eigenvalue weighted by Gasteiger charge is -2.24. The summed E-state index contributed by atoms with van der Waals surface area (Å²) in [5.41, 5.74) is 1.36. The fourth-order valence-corrected chi connectivity index (χ4v) is 2.84. The fourth-order valence-electron chi connectivity index (χ4n) is 2.84. The molecule has 0 saturated heterocycles. The van der Waals surface area contributed by atoms with Gasteiger partial charge in [0.25, 0.3) is 6.01 Å². The van der Waals surface area contributed by atoms with Gasteiger partial charge >= 0.3 is 5.97 Å². The predicted molar refractivity (Wildman–Crippen MR) is 108 cm³/mol. The number of nitrogens with zero attached hydrogens (tertiary/aromatic N) is 3. The van der Waals surface area contributed by atoms with E-state index in [9.17, 15) is 4.79 Å². The van der Waals surface area contributed by atoms with Crippen LogP contribution in [0.5, 0.6) is 5.88 Å². The highest BCUT2D eigenvalue weighted by atomic mass is 16.6. The number of carbonyl (C=O) groups excluding carboxylic acids is 1. The molecule has 29 heavy (non-hydrogen) atoms. The van der Waals surface area contributed by atoms with Crippen LogP contribution in [0.3, 0.4) is 0 Å². The van der Waals surface area contributed by atoms with Gasteiger partial charge in [-0.05, 0) is 24.6 Å². The summed E-state index contributed by atoms with van der Waals surface area (Å²) in [5, 5.41) is 0. The van der Waals surface area contributed by atoms with Crippen molar-refractivity contribution in [3.8, 4) is 5.88 Å². The molecule has 3 rings (SSSR count). The van der Waals surface area contributed by atoms with E-state index in [0.29, 0.717) is 31.5 Å². The number of aromatic nitrogens is 2. The van der Waals surface area contributed by atoms with Gasteiger partial charge in [0.2, 0.25) is 5.88 Å². The second-order valence-corrected chi connectivity index (χ2v) is 6.84. The quantitative estimate of drug-likeness (QED) is 0.508. The van der Waals surface area contributed by atoms with Crippen molar-refractivity contribution in [2.75, 3.05) is 39.3 Å². The van der Waals surface area contributed by atoms with E-state index in [2.05, 4.69) is 9.97 Å². The maximum absolute atomic E-state index is 11.9. The Labute approximate surface area is 169 Å². The van der Waals surface area contributed by atoms with Crippen molar-refractivity contribution in [1.29, 1.82) is 0 Å². The van der Waals surface area contributed by atoms with E-state index in [1.165, 1.54) is 14.2 Å². The Hall–Kier alpha value is -3.13. The lowest BCUT2D eigenvalue weighted by Crippen LogP contribution is -2.40. The Balaban J connectivity index is 1.53. The molecule has 8 nitrogen and oxygen atoms in total. The average molecular weight is 399 g/mol. The first-order valence-corrected chi connectivity index (χ1v) is 9.23. The SMILES string of the molecule is COC(=O)C(C)(Cc1ccc(OCCN(C)c2nc3ccccc3o2)nc1)OC. The van der Waals surface area contributed by atoms with Gasteiger partial charge in [0.05, 0.1) is 13.7 Å². The van der Waals surface area contributed by atoms with Gasteiger partial charge in [0, 0.05) is 32.8 Å². The average Bonchev–Trinajstić information content (AvgIpc) is 3.18. The smallest absolute Gasteiger partial charge is 0.338 e. The van der Waals surface area contributed by atoms with Gasteiger partial charge in [0.1, 0.15) is 12.1 Å². The number of likely N-dealkylation sites (N-methyl/N-ethyl adjacent to an activating group) is 1. The van der Waals surface area contributed by atoms with Crippen molar-refractivity contribution in [2.24, 2.45) is 0 Å². The molecule has 1 unspecified atom stereocenters. The number of carbonyl (C=O) groups is 1. The molecule has 3 aromatic rings. The van der Waals surface area contributed by atoms with Crippen LogP contribution in [0.2, 0.25) is 0 Å². The van der Waals surface area contributed by atoms with Crippen LogP contribution < -0.4 is 9.64 Å². The van der Waals surface area contributed by atoms with Gasteiger partial charge in [-0.1, -0.05) is 18.2 Å². The minimum absolute atomic E-state index is 0.351. The second kappa shape index (κ2) is 8.91. The van der Waals surface area contributed by atoms with E-state index in [-0.39, 0.29) is 0 Å². The number of hydrogen-bond donors (Lipinski definition) is 0. The monoisotopic (exact) mass is 399 g/mol. The molecule has 0 amide bonds. The standard InChI is InChI=1S/C21H25N3O5/c1-21(27-4,19(25)26-3)13-15-9-10-18(22-14-15)28-12-11-24(2)20-23-16-7-5-6-8-17(16)29-20/h5-10,14H,11-13H2,1-4H3. The largest absolute Gasteiger partial charge is 0.476 e. The molecule has 0 N–H and O–H groups in total. The summed E-state index contributed by atoms with van der Waals surface area (Å²) in [6, 6.07) is 11.8. The number of anilines is 1. The highest BCUT2D eigenvalue weighted by Crippen LogP contribution is 2.21. The number of oxazole rings is 1. The maximum Gasteiger partial charge on any atom is 0.338 e. The summed E-state index contributed by atoms with van der Waals surface area (Å²) in [6.07, 6.45) is 2.02. The molecule has 0 aliphatic rings. The van der Waals surface area contributed by atoms with Crippen LogP contribution >= 0.6 is 0 Å². The number of rotatable bonds is 9. The van der Waals surface area contributed by atoms with Crippen molar-refractivity contribution < 1.29 is 23.4 Å². The zero-order valence-corrected chi connectivity index (χ0v) is 17.0. The lowest BCUT2D eigenvalue weighted by molar-refractivity contribution is -0.163. The molecule has 2 heterocycles. The first-order chi connectivity index (χ1) is 13.9. The van der Waals surface area contributed by atoms with Crippen LogP contribution in [0.25, 0.3) is 11.1 Å². The summed E-state index contributed by atoms with van der Waals surface area (Å²) >= 11 is 0. The van der Waals surface area contributed by atoms with Gasteiger partial charge in [-0.2, -0.15) is 4.98 Å². The van der Waals surface area contributed by atoms with Crippen LogP contribution in [0.4, 0.5) is 6.01 Å². The van der Waals surface area contributed by atoms with Gasteiger partial charge in [-0.3, -0.25) is 0 Å². The van der Waals surface area contributed by atoms with Gasteiger partial charge < -0.3 is 23.5 Å². The maximum atomic E-state index is 11.9. The van der Waals surface area contributed by atoms with Crippen molar-refractivity contribution in [3.63, 3.8) is 0 Å². The van der Waals surface area contributed by atoms with Crippen LogP contribution in [-0.4, -0.2) is 56.0 Å². The number of methoxy groups -OCH3 is 2. The molecule has 2 aromatic heterocycles. The molecule has 1 aromatic carbocycles. The first-order valence-electron chi connectivity index (χ1n) is 9.23. The lowest BCUT2D eigenvalue weighted by atomic mass is 9.97. The molecule has 8 heteroatoms. The minimum atomic E-state index is -1.05. The topological polar surface area (TPSA) is 86.9 Å². The zero-order chi connectivity index (χ0) is 20.9. The molecule has 154 valence electrons. The van der Waals surface area contributed by atoms with Crippen molar-refractivity contribution in [2.45, 2.75) is 18.9 Å². The zero-order valence-electron chi connectivity index (χ0n) is 17.0. The van der Waals surface area contributed by atoms with E-state index in [4.69, 9.17) is 18.6 Å². The van der Waals surface area contributed by atoms with E-state index in [0.717, 1.165) is 16.7 Å². The molecule has 0 saturated carbocycles. The normalized spacial score (nSPS) is 13.1. The number of esters is 1. The Morgan fingerprint density at radius 3 is 2.66 bits per heavy atom. The van der Waals surface area contributed by atoms with Crippen molar-refractivity contribution in [3.05, 3.63) is 48.2 Å². The second-order valence-electron chi connectivity index (χ2n) is 6.84.